The van der Waals surface area contributed by atoms with Gasteiger partial charge in [-0.25, -0.2) is 4.98 Å². The van der Waals surface area contributed by atoms with Crippen LogP contribution >= 0.6 is 0 Å². The summed E-state index contributed by atoms with van der Waals surface area (Å²) < 4.78 is 11.5. The molecule has 1 fully saturated rings. The van der Waals surface area contributed by atoms with Gasteiger partial charge in [0, 0.05) is 44.4 Å². The Hall–Kier alpha value is -3.86. The highest BCUT2D eigenvalue weighted by atomic mass is 16.5. The molecule has 3 heterocycles. The number of nitrogens with zero attached hydrogens (tertiary/aromatic N) is 5. The number of unbranched alkanes of at least 4 members (excludes halogenated alkanes) is 2. The number of carbonyl (C=O) groups is 3. The van der Waals surface area contributed by atoms with Crippen molar-refractivity contribution < 1.29 is 23.5 Å². The number of fused-ring (bicyclic) bond motifs is 1. The summed E-state index contributed by atoms with van der Waals surface area (Å²) in [6, 6.07) is 8.84. The van der Waals surface area contributed by atoms with E-state index in [0.717, 1.165) is 23.7 Å². The Morgan fingerprint density at radius 3 is 2.59 bits per heavy atom. The van der Waals surface area contributed by atoms with E-state index < -0.39 is 17.9 Å². The predicted molar refractivity (Wildman–Crippen MR) is 145 cm³/mol. The number of methoxy groups -OCH3 is 1. The summed E-state index contributed by atoms with van der Waals surface area (Å²) in [5, 5.41) is 12.1. The van der Waals surface area contributed by atoms with Gasteiger partial charge in [0.1, 0.15) is 17.4 Å². The number of rotatable bonds is 11. The third kappa shape index (κ3) is 7.17. The van der Waals surface area contributed by atoms with E-state index in [0.29, 0.717) is 63.3 Å². The predicted octanol–water partition coefficient (Wildman–Crippen LogP) is 3.15. The fourth-order valence-corrected chi connectivity index (χ4v) is 4.55. The van der Waals surface area contributed by atoms with Gasteiger partial charge in [-0.3, -0.25) is 14.4 Å². The molecule has 11 nitrogen and oxygen atoms in total. The lowest BCUT2D eigenvalue weighted by Crippen LogP contribution is -2.52. The van der Waals surface area contributed by atoms with E-state index in [2.05, 4.69) is 25.4 Å². The minimum absolute atomic E-state index is 0.198. The van der Waals surface area contributed by atoms with E-state index in [9.17, 15) is 14.4 Å². The first kappa shape index (κ1) is 28.2. The summed E-state index contributed by atoms with van der Waals surface area (Å²) in [6.45, 7) is 4.29. The van der Waals surface area contributed by atoms with Crippen LogP contribution in [0.2, 0.25) is 0 Å². The van der Waals surface area contributed by atoms with E-state index in [1.54, 1.807) is 4.90 Å². The summed E-state index contributed by atoms with van der Waals surface area (Å²) >= 11 is 0. The molecule has 11 heteroatoms. The second-order valence-electron chi connectivity index (χ2n) is 9.80. The molecule has 0 bridgehead atoms. The number of Topliss-reactive ketones (excluding diaryl/α,β-unsaturated/α-hetero) is 1. The first-order valence-electron chi connectivity index (χ1n) is 13.5. The zero-order valence-electron chi connectivity index (χ0n) is 22.8. The number of piperazine rings is 1. The molecule has 1 aromatic carbocycles. The second-order valence-corrected chi connectivity index (χ2v) is 9.80. The number of para-hydroxylation sites is 1. The molecule has 1 atom stereocenters. The van der Waals surface area contributed by atoms with Crippen molar-refractivity contribution in [1.29, 1.82) is 0 Å². The largest absolute Gasteiger partial charge is 0.480 e. The third-order valence-corrected chi connectivity index (χ3v) is 6.98. The van der Waals surface area contributed by atoms with Crippen LogP contribution in [-0.2, 0) is 14.4 Å². The minimum Gasteiger partial charge on any atom is -0.480 e. The second kappa shape index (κ2) is 13.3. The monoisotopic (exact) mass is 536 g/mol. The summed E-state index contributed by atoms with van der Waals surface area (Å²) in [7, 11) is 3.51. The number of ketones is 1. The smallest absolute Gasteiger partial charge is 0.311 e. The molecule has 39 heavy (non-hydrogen) atoms. The van der Waals surface area contributed by atoms with Crippen LogP contribution in [0.1, 0.15) is 57.4 Å². The van der Waals surface area contributed by atoms with Gasteiger partial charge in [-0.15, -0.1) is 10.2 Å². The van der Waals surface area contributed by atoms with E-state index >= 15 is 0 Å². The number of pyridine rings is 1. The third-order valence-electron chi connectivity index (χ3n) is 6.98. The van der Waals surface area contributed by atoms with Crippen LogP contribution in [0, 0.1) is 0 Å². The van der Waals surface area contributed by atoms with E-state index in [1.807, 2.05) is 44.3 Å². The number of ether oxygens (including phenoxy) is 1. The van der Waals surface area contributed by atoms with Gasteiger partial charge in [-0.2, -0.15) is 0 Å². The van der Waals surface area contributed by atoms with Crippen LogP contribution in [0.15, 0.2) is 34.7 Å². The molecule has 2 amide bonds. The molecule has 208 valence electrons. The maximum Gasteiger partial charge on any atom is 0.311 e. The molecule has 3 aromatic rings. The maximum absolute atomic E-state index is 13.0. The Morgan fingerprint density at radius 1 is 1.08 bits per heavy atom. The first-order chi connectivity index (χ1) is 18.9. The fraction of sp³-hybridized carbons (Fsp3) is 0.500. The summed E-state index contributed by atoms with van der Waals surface area (Å²) in [5.74, 6) is -0.285. The highest BCUT2D eigenvalue weighted by Gasteiger charge is 2.29. The Bertz CT molecular complexity index is 1300. The van der Waals surface area contributed by atoms with Gasteiger partial charge in [-0.1, -0.05) is 38.0 Å². The van der Waals surface area contributed by atoms with Gasteiger partial charge in [0.2, 0.25) is 11.8 Å². The molecule has 4 rings (SSSR count). The average Bonchev–Trinajstić information content (AvgIpc) is 3.45. The summed E-state index contributed by atoms with van der Waals surface area (Å²) in [6.07, 6.45) is 3.83. The van der Waals surface area contributed by atoms with Crippen LogP contribution < -0.4 is 10.1 Å². The van der Waals surface area contributed by atoms with Crippen LogP contribution in [0.3, 0.4) is 0 Å². The molecule has 2 aromatic heterocycles. The molecular formula is C28H36N6O5. The first-order valence-corrected chi connectivity index (χ1v) is 13.5. The number of aromatic nitrogens is 3. The number of hydrogen-bond acceptors (Lipinski definition) is 9. The number of amides is 2. The Labute approximate surface area is 227 Å². The number of benzene rings is 1. The molecule has 0 saturated carbocycles. The molecular weight excluding hydrogens is 500 g/mol. The lowest BCUT2D eigenvalue weighted by atomic mass is 10.0. The zero-order chi connectivity index (χ0) is 27.8. The van der Waals surface area contributed by atoms with Gasteiger partial charge in [-0.05, 0) is 32.0 Å². The van der Waals surface area contributed by atoms with Gasteiger partial charge >= 0.3 is 11.8 Å². The topological polar surface area (TPSA) is 131 Å². The molecule has 0 spiro atoms. The molecule has 1 unspecified atom stereocenters. The molecule has 1 aliphatic rings. The number of carbonyl (C=O) groups excluding carboxylic acids is 3. The van der Waals surface area contributed by atoms with Gasteiger partial charge in [0.05, 0.1) is 12.6 Å². The number of nitrogens with one attached hydrogen (secondary N) is 1. The molecule has 1 saturated heterocycles. The SMILES string of the molecule is CCC(=O)CCCCCC(NC(=O)C(=O)N1CCN(C)CC1)c1nnc(-c2cc3ccccc3nc2OC)o1. The van der Waals surface area contributed by atoms with Gasteiger partial charge < -0.3 is 24.3 Å². The fourth-order valence-electron chi connectivity index (χ4n) is 4.55. The van der Waals surface area contributed by atoms with Gasteiger partial charge in [0.25, 0.3) is 5.89 Å². The standard InChI is InChI=1S/C28H36N6O5/c1-4-20(35)11-6-5-7-13-23(29-24(36)28(37)34-16-14-33(2)15-17-34)27-32-31-26(39-27)21-18-19-10-8-9-12-22(19)30-25(21)38-3/h8-10,12,18,23H,4-7,11,13-17H2,1-3H3,(H,29,36). The zero-order valence-corrected chi connectivity index (χ0v) is 22.8. The van der Waals surface area contributed by atoms with E-state index in [-0.39, 0.29) is 17.6 Å². The molecule has 0 radical (unpaired) electrons. The van der Waals surface area contributed by atoms with Crippen LogP contribution in [0.5, 0.6) is 5.88 Å². The lowest BCUT2D eigenvalue weighted by molar-refractivity contribution is -0.147. The Kier molecular flexibility index (Phi) is 9.59. The Morgan fingerprint density at radius 2 is 1.85 bits per heavy atom. The van der Waals surface area contributed by atoms with Crippen molar-refractivity contribution in [3.63, 3.8) is 0 Å². The highest BCUT2D eigenvalue weighted by Crippen LogP contribution is 2.32. The molecule has 1 aliphatic heterocycles. The van der Waals surface area contributed by atoms with Crippen molar-refractivity contribution in [2.75, 3.05) is 40.3 Å². The van der Waals surface area contributed by atoms with Crippen LogP contribution in [0.25, 0.3) is 22.4 Å². The van der Waals surface area contributed by atoms with Crippen molar-refractivity contribution in [3.05, 3.63) is 36.2 Å². The highest BCUT2D eigenvalue weighted by molar-refractivity contribution is 6.35. The van der Waals surface area contributed by atoms with Crippen molar-refractivity contribution in [2.24, 2.45) is 0 Å². The molecule has 0 aliphatic carbocycles. The van der Waals surface area contributed by atoms with E-state index in [1.165, 1.54) is 7.11 Å². The van der Waals surface area contributed by atoms with Crippen molar-refractivity contribution >= 4 is 28.5 Å². The Balaban J connectivity index is 1.52. The van der Waals surface area contributed by atoms with Crippen LogP contribution in [-0.4, -0.2) is 82.9 Å². The summed E-state index contributed by atoms with van der Waals surface area (Å²) in [4.78, 5) is 45.7. The molecule has 1 N–H and O–H groups in total. The maximum atomic E-state index is 13.0. The van der Waals surface area contributed by atoms with Gasteiger partial charge in [0.15, 0.2) is 0 Å². The lowest BCUT2D eigenvalue weighted by Gasteiger charge is -2.32. The van der Waals surface area contributed by atoms with Crippen molar-refractivity contribution in [3.8, 4) is 17.3 Å². The number of hydrogen-bond donors (Lipinski definition) is 1. The number of likely N-dealkylation sites (N-methyl/N-ethyl adjacent to an activating group) is 1. The van der Waals surface area contributed by atoms with Crippen LogP contribution in [0.4, 0.5) is 0 Å². The summed E-state index contributed by atoms with van der Waals surface area (Å²) in [5.41, 5.74) is 1.30. The minimum atomic E-state index is -0.699. The quantitative estimate of drug-likeness (QED) is 0.290. The van der Waals surface area contributed by atoms with Crippen molar-refractivity contribution in [2.45, 2.75) is 51.5 Å². The van der Waals surface area contributed by atoms with E-state index in [4.69, 9.17) is 9.15 Å². The average molecular weight is 537 g/mol. The van der Waals surface area contributed by atoms with Crippen molar-refractivity contribution in [1.82, 2.24) is 30.3 Å². The normalized spacial score (nSPS) is 14.8.